The molecule has 1 aromatic heterocycles. The fourth-order valence-corrected chi connectivity index (χ4v) is 3.27. The smallest absolute Gasteiger partial charge is 0.330 e. The van der Waals surface area contributed by atoms with Crippen LogP contribution in [-0.4, -0.2) is 42.3 Å². The summed E-state index contributed by atoms with van der Waals surface area (Å²) in [6, 6.07) is 1.26. The predicted molar refractivity (Wildman–Crippen MR) is 89.0 cm³/mol. The first-order valence-electron chi connectivity index (χ1n) is 7.78. The van der Waals surface area contributed by atoms with Crippen molar-refractivity contribution in [2.75, 3.05) is 13.2 Å². The molecule has 0 radical (unpaired) electrons. The number of aliphatic hydroxyl groups excluding tert-OH is 1. The largest absolute Gasteiger partial charge is 0.414 e. The lowest BCUT2D eigenvalue weighted by Gasteiger charge is -2.46. The molecule has 8 heteroatoms. The number of nitrogens with one attached hydrogen (secondary N) is 1. The van der Waals surface area contributed by atoms with Crippen LogP contribution >= 0.6 is 0 Å². The Morgan fingerprint density at radius 1 is 1.39 bits per heavy atom. The number of aromatic nitrogens is 2. The first-order valence-corrected chi connectivity index (χ1v) is 10.7. The van der Waals surface area contributed by atoms with Crippen LogP contribution in [0.5, 0.6) is 0 Å². The van der Waals surface area contributed by atoms with Crippen molar-refractivity contribution >= 4 is 8.32 Å². The summed E-state index contributed by atoms with van der Waals surface area (Å²) >= 11 is 0. The maximum atomic E-state index is 11.8. The molecule has 3 atom stereocenters. The molecule has 0 aromatic carbocycles. The lowest BCUT2D eigenvalue weighted by molar-refractivity contribution is -0.244. The second-order valence-corrected chi connectivity index (χ2v) is 12.3. The molecule has 1 aliphatic rings. The van der Waals surface area contributed by atoms with Crippen LogP contribution in [0, 0.1) is 5.92 Å². The molecule has 0 unspecified atom stereocenters. The van der Waals surface area contributed by atoms with Gasteiger partial charge in [0.15, 0.2) is 8.32 Å². The third kappa shape index (κ3) is 3.65. The third-order valence-electron chi connectivity index (χ3n) is 4.91. The van der Waals surface area contributed by atoms with Gasteiger partial charge in [-0.15, -0.1) is 0 Å². The molecule has 1 aromatic rings. The zero-order valence-electron chi connectivity index (χ0n) is 14.3. The summed E-state index contributed by atoms with van der Waals surface area (Å²) in [5.41, 5.74) is -0.992. The monoisotopic (exact) mass is 342 g/mol. The molecule has 0 bridgehead atoms. The predicted octanol–water partition coefficient (Wildman–Crippen LogP) is 1.06. The average Bonchev–Trinajstić information content (AvgIpc) is 2.38. The Balaban J connectivity index is 2.04. The van der Waals surface area contributed by atoms with Crippen molar-refractivity contribution in [3.8, 4) is 0 Å². The highest BCUT2D eigenvalue weighted by atomic mass is 28.4. The van der Waals surface area contributed by atoms with E-state index in [0.717, 1.165) is 0 Å². The van der Waals surface area contributed by atoms with Crippen LogP contribution in [0.15, 0.2) is 21.9 Å². The van der Waals surface area contributed by atoms with E-state index < -0.39 is 25.8 Å². The topological polar surface area (TPSA) is 93.5 Å². The zero-order chi connectivity index (χ0) is 17.4. The van der Waals surface area contributed by atoms with E-state index in [-0.39, 0.29) is 23.7 Å². The van der Waals surface area contributed by atoms with Crippen molar-refractivity contribution < 1.29 is 14.3 Å². The van der Waals surface area contributed by atoms with E-state index in [4.69, 9.17) is 9.16 Å². The van der Waals surface area contributed by atoms with Gasteiger partial charge in [0.1, 0.15) is 6.23 Å². The van der Waals surface area contributed by atoms with E-state index >= 15 is 0 Å². The van der Waals surface area contributed by atoms with Gasteiger partial charge in [0.2, 0.25) is 0 Å². The molecular weight excluding hydrogens is 316 g/mol. The number of hydrogen-bond donors (Lipinski definition) is 2. The molecule has 0 spiro atoms. The summed E-state index contributed by atoms with van der Waals surface area (Å²) in [5.74, 6) is -0.233. The van der Waals surface area contributed by atoms with Crippen LogP contribution in [0.1, 0.15) is 27.0 Å². The molecule has 1 fully saturated rings. The Labute approximate surface area is 136 Å². The molecule has 2 N–H and O–H groups in total. The Morgan fingerprint density at radius 2 is 2.04 bits per heavy atom. The number of nitrogens with zero attached hydrogens (tertiary/aromatic N) is 1. The summed E-state index contributed by atoms with van der Waals surface area (Å²) in [6.45, 7) is 11.1. The Hall–Kier alpha value is -1.22. The van der Waals surface area contributed by atoms with Crippen molar-refractivity contribution in [1.29, 1.82) is 0 Å². The molecule has 2 heterocycles. The second-order valence-electron chi connectivity index (χ2n) is 7.50. The van der Waals surface area contributed by atoms with Crippen LogP contribution in [0.4, 0.5) is 0 Å². The Morgan fingerprint density at radius 3 is 2.57 bits per heavy atom. The van der Waals surface area contributed by atoms with Gasteiger partial charge < -0.3 is 14.3 Å². The highest BCUT2D eigenvalue weighted by molar-refractivity contribution is 6.74. The Kier molecular flexibility index (Phi) is 5.00. The van der Waals surface area contributed by atoms with Crippen molar-refractivity contribution in [2.45, 2.75) is 51.2 Å². The van der Waals surface area contributed by atoms with Gasteiger partial charge in [-0.25, -0.2) is 4.79 Å². The maximum absolute atomic E-state index is 11.8. The molecule has 0 amide bonds. The number of H-pyrrole nitrogens is 1. The van der Waals surface area contributed by atoms with Gasteiger partial charge in [-0.3, -0.25) is 14.3 Å². The Bertz CT molecular complexity index is 661. The number of hydrogen-bond acceptors (Lipinski definition) is 5. The van der Waals surface area contributed by atoms with E-state index in [2.05, 4.69) is 38.8 Å². The summed E-state index contributed by atoms with van der Waals surface area (Å²) in [5, 5.41) is 9.71. The van der Waals surface area contributed by atoms with Gasteiger partial charge in [-0.2, -0.15) is 0 Å². The minimum atomic E-state index is -1.89. The minimum absolute atomic E-state index is 0.0979. The number of rotatable bonds is 5. The SMILES string of the molecule is CC(C)(C)[Si](C)(C)OC[C@H]1O[C@@H](n2ccc(=O)[nH]c2=O)[C@@H]1CO. The van der Waals surface area contributed by atoms with Crippen LogP contribution in [0.3, 0.4) is 0 Å². The molecule has 7 nitrogen and oxygen atoms in total. The van der Waals surface area contributed by atoms with Crippen molar-refractivity contribution in [3.05, 3.63) is 33.1 Å². The lowest BCUT2D eigenvalue weighted by atomic mass is 9.95. The third-order valence-corrected chi connectivity index (χ3v) is 9.41. The highest BCUT2D eigenvalue weighted by Gasteiger charge is 2.46. The average molecular weight is 342 g/mol. The quantitative estimate of drug-likeness (QED) is 0.781. The van der Waals surface area contributed by atoms with E-state index in [1.807, 2.05) is 0 Å². The van der Waals surface area contributed by atoms with Gasteiger partial charge in [0.05, 0.1) is 25.2 Å². The van der Waals surface area contributed by atoms with E-state index in [9.17, 15) is 14.7 Å². The summed E-state index contributed by atoms with van der Waals surface area (Å²) in [7, 11) is -1.89. The van der Waals surface area contributed by atoms with Gasteiger partial charge in [0, 0.05) is 12.3 Å². The molecule has 2 rings (SSSR count). The van der Waals surface area contributed by atoms with Gasteiger partial charge in [-0.05, 0) is 18.1 Å². The summed E-state index contributed by atoms with van der Waals surface area (Å²) in [4.78, 5) is 25.1. The standard InChI is InChI=1S/C15H26N2O5Si/c1-15(2,3)23(4,5)21-9-11-10(8-18)13(22-11)17-7-6-12(19)16-14(17)20/h6-7,10-11,13,18H,8-9H2,1-5H3,(H,16,19,20)/t10-,11-,13-/m1/s1. The number of ether oxygens (including phenoxy) is 1. The first kappa shape index (κ1) is 18.1. The van der Waals surface area contributed by atoms with E-state index in [1.54, 1.807) is 0 Å². The lowest BCUT2D eigenvalue weighted by Crippen LogP contribution is -2.54. The molecular formula is C15H26N2O5Si. The van der Waals surface area contributed by atoms with Gasteiger partial charge in [-0.1, -0.05) is 20.8 Å². The molecule has 23 heavy (non-hydrogen) atoms. The minimum Gasteiger partial charge on any atom is -0.414 e. The van der Waals surface area contributed by atoms with Crippen molar-refractivity contribution in [1.82, 2.24) is 9.55 Å². The van der Waals surface area contributed by atoms with Crippen LogP contribution in [0.2, 0.25) is 18.1 Å². The first-order chi connectivity index (χ1) is 10.6. The second kappa shape index (κ2) is 6.35. The maximum Gasteiger partial charge on any atom is 0.330 e. The molecule has 0 saturated carbocycles. The van der Waals surface area contributed by atoms with Crippen molar-refractivity contribution in [3.63, 3.8) is 0 Å². The van der Waals surface area contributed by atoms with E-state index in [0.29, 0.717) is 6.61 Å². The molecule has 0 aliphatic carbocycles. The fraction of sp³-hybridized carbons (Fsp3) is 0.733. The molecule has 1 aliphatic heterocycles. The number of aromatic amines is 1. The van der Waals surface area contributed by atoms with Crippen LogP contribution in [0.25, 0.3) is 0 Å². The summed E-state index contributed by atoms with van der Waals surface area (Å²) in [6.07, 6.45) is 0.565. The zero-order valence-corrected chi connectivity index (χ0v) is 15.3. The van der Waals surface area contributed by atoms with Crippen LogP contribution < -0.4 is 11.2 Å². The fourth-order valence-electron chi connectivity index (χ4n) is 2.25. The van der Waals surface area contributed by atoms with E-state index in [1.165, 1.54) is 16.8 Å². The highest BCUT2D eigenvalue weighted by Crippen LogP contribution is 2.40. The normalized spacial score (nSPS) is 25.2. The van der Waals surface area contributed by atoms with Gasteiger partial charge in [0.25, 0.3) is 5.56 Å². The summed E-state index contributed by atoms with van der Waals surface area (Å²) < 4.78 is 13.2. The number of aliphatic hydroxyl groups is 1. The van der Waals surface area contributed by atoms with Gasteiger partial charge >= 0.3 is 5.69 Å². The molecule has 1 saturated heterocycles. The van der Waals surface area contributed by atoms with Crippen LogP contribution in [-0.2, 0) is 9.16 Å². The van der Waals surface area contributed by atoms with Crippen molar-refractivity contribution in [2.24, 2.45) is 5.92 Å². The molecule has 130 valence electrons.